The third-order valence-corrected chi connectivity index (χ3v) is 5.49. The van der Waals surface area contributed by atoms with Crippen molar-refractivity contribution in [3.8, 4) is 11.5 Å². The number of rotatable bonds is 8. The summed E-state index contributed by atoms with van der Waals surface area (Å²) in [6, 6.07) is 19.1. The van der Waals surface area contributed by atoms with E-state index in [1.165, 1.54) is 12.3 Å². The number of benzene rings is 3. The van der Waals surface area contributed by atoms with E-state index in [0.717, 1.165) is 8.96 Å². The second-order valence-corrected chi connectivity index (χ2v) is 8.15. The molecule has 0 aliphatic heterocycles. The number of fused-ring (bicyclic) bond motifs is 1. The highest BCUT2D eigenvalue weighted by molar-refractivity contribution is 14.1. The first-order chi connectivity index (χ1) is 16.0. The minimum absolute atomic E-state index is 0.0732. The summed E-state index contributed by atoms with van der Waals surface area (Å²) >= 11 is 2.12. The molecule has 168 valence electrons. The quantitative estimate of drug-likeness (QED) is 0.166. The Morgan fingerprint density at radius 3 is 2.70 bits per heavy atom. The van der Waals surface area contributed by atoms with E-state index in [1.807, 2.05) is 31.2 Å². The molecule has 0 saturated heterocycles. The van der Waals surface area contributed by atoms with Gasteiger partial charge in [0.25, 0.3) is 0 Å². The van der Waals surface area contributed by atoms with E-state index in [4.69, 9.17) is 13.9 Å². The molecule has 1 aromatic heterocycles. The highest BCUT2D eigenvalue weighted by Gasteiger charge is 2.14. The third kappa shape index (κ3) is 5.51. The van der Waals surface area contributed by atoms with Crippen molar-refractivity contribution in [2.45, 2.75) is 13.5 Å². The van der Waals surface area contributed by atoms with Gasteiger partial charge in [0, 0.05) is 10.9 Å². The number of hydrogen-bond acceptors (Lipinski definition) is 5. The normalized spacial score (nSPS) is 11.1. The van der Waals surface area contributed by atoms with Crippen LogP contribution in [0.1, 0.15) is 28.6 Å². The van der Waals surface area contributed by atoms with Crippen molar-refractivity contribution in [3.63, 3.8) is 0 Å². The minimum Gasteiger partial charge on any atom is -0.490 e. The zero-order chi connectivity index (χ0) is 23.2. The van der Waals surface area contributed by atoms with Crippen molar-refractivity contribution in [3.05, 3.63) is 93.0 Å². The number of nitrogens with zero attached hydrogens (tertiary/aromatic N) is 1. The fourth-order valence-electron chi connectivity index (χ4n) is 3.15. The summed E-state index contributed by atoms with van der Waals surface area (Å²) in [6.45, 7) is 2.36. The van der Waals surface area contributed by atoms with Gasteiger partial charge in [0.1, 0.15) is 18.0 Å². The summed E-state index contributed by atoms with van der Waals surface area (Å²) in [7, 11) is 0. The van der Waals surface area contributed by atoms with E-state index in [-0.39, 0.29) is 18.2 Å². The van der Waals surface area contributed by atoms with Gasteiger partial charge in [-0.3, -0.25) is 4.79 Å². The van der Waals surface area contributed by atoms with Crippen LogP contribution in [0.15, 0.2) is 76.2 Å². The number of carbonyl (C=O) groups excluding carboxylic acids is 1. The second kappa shape index (κ2) is 10.5. The van der Waals surface area contributed by atoms with E-state index in [1.54, 1.807) is 36.4 Å². The Kier molecular flexibility index (Phi) is 7.23. The third-order valence-electron chi connectivity index (χ3n) is 4.69. The molecule has 0 saturated carbocycles. The smallest absolute Gasteiger partial charge is 0.307 e. The van der Waals surface area contributed by atoms with Crippen molar-refractivity contribution in [2.24, 2.45) is 5.10 Å². The summed E-state index contributed by atoms with van der Waals surface area (Å²) in [4.78, 5) is 12.3. The van der Waals surface area contributed by atoms with Crippen molar-refractivity contribution in [1.82, 2.24) is 5.43 Å². The highest BCUT2D eigenvalue weighted by Crippen LogP contribution is 2.34. The molecule has 1 N–H and O–H groups in total. The number of carbonyl (C=O) groups is 1. The number of halogens is 2. The Balaban J connectivity index is 1.47. The average Bonchev–Trinajstić information content (AvgIpc) is 3.24. The molecule has 0 atom stereocenters. The Labute approximate surface area is 203 Å². The molecule has 0 bridgehead atoms. The first-order valence-electron chi connectivity index (χ1n) is 10.2. The van der Waals surface area contributed by atoms with Crippen LogP contribution in [0.2, 0.25) is 0 Å². The molecule has 4 aromatic rings. The van der Waals surface area contributed by atoms with Gasteiger partial charge in [0.15, 0.2) is 17.3 Å². The molecule has 1 heterocycles. The van der Waals surface area contributed by atoms with Crippen LogP contribution in [0.4, 0.5) is 4.39 Å². The van der Waals surface area contributed by atoms with E-state index >= 15 is 0 Å². The van der Waals surface area contributed by atoms with Crippen LogP contribution >= 0.6 is 22.6 Å². The van der Waals surface area contributed by atoms with Crippen molar-refractivity contribution < 1.29 is 23.1 Å². The molecule has 8 heteroatoms. The molecular weight excluding hydrogens is 538 g/mol. The SMILES string of the molecule is CCOc1cc(/C=N/NC(=O)c2cc3ccccc3o2)cc(I)c1OCc1ccccc1F. The Morgan fingerprint density at radius 2 is 1.91 bits per heavy atom. The molecule has 6 nitrogen and oxygen atoms in total. The van der Waals surface area contributed by atoms with Gasteiger partial charge in [-0.2, -0.15) is 5.10 Å². The summed E-state index contributed by atoms with van der Waals surface area (Å²) in [5.41, 5.74) is 4.25. The van der Waals surface area contributed by atoms with Crippen LogP contribution in [0.25, 0.3) is 11.0 Å². The molecule has 4 rings (SSSR count). The molecule has 1 amide bonds. The fraction of sp³-hybridized carbons (Fsp3) is 0.120. The van der Waals surface area contributed by atoms with Crippen molar-refractivity contribution >= 4 is 45.7 Å². The minimum atomic E-state index is -0.452. The molecule has 0 fully saturated rings. The molecule has 3 aromatic carbocycles. The van der Waals surface area contributed by atoms with Gasteiger partial charge in [0.2, 0.25) is 0 Å². The van der Waals surface area contributed by atoms with Crippen LogP contribution in [-0.2, 0) is 6.61 Å². The van der Waals surface area contributed by atoms with Crippen LogP contribution < -0.4 is 14.9 Å². The number of para-hydroxylation sites is 1. The molecule has 0 aliphatic carbocycles. The number of hydrazone groups is 1. The van der Waals surface area contributed by atoms with Gasteiger partial charge < -0.3 is 13.9 Å². The van der Waals surface area contributed by atoms with E-state index in [0.29, 0.717) is 34.8 Å². The predicted molar refractivity (Wildman–Crippen MR) is 132 cm³/mol. The largest absolute Gasteiger partial charge is 0.490 e. The number of hydrogen-bond donors (Lipinski definition) is 1. The van der Waals surface area contributed by atoms with E-state index in [9.17, 15) is 9.18 Å². The maximum absolute atomic E-state index is 13.9. The maximum Gasteiger partial charge on any atom is 0.307 e. The number of furan rings is 1. The number of amides is 1. The predicted octanol–water partition coefficient (Wildman–Crippen LogP) is 5.92. The van der Waals surface area contributed by atoms with Gasteiger partial charge in [-0.05, 0) is 65.4 Å². The zero-order valence-corrected chi connectivity index (χ0v) is 19.8. The lowest BCUT2D eigenvalue weighted by atomic mass is 10.2. The van der Waals surface area contributed by atoms with Crippen LogP contribution in [0.3, 0.4) is 0 Å². The number of ether oxygens (including phenoxy) is 2. The molecular formula is C25H20FIN2O4. The summed E-state index contributed by atoms with van der Waals surface area (Å²) in [5.74, 6) is 0.422. The van der Waals surface area contributed by atoms with Crippen LogP contribution in [-0.4, -0.2) is 18.7 Å². The fourth-order valence-corrected chi connectivity index (χ4v) is 3.93. The summed E-state index contributed by atoms with van der Waals surface area (Å²) in [6.07, 6.45) is 1.51. The standard InChI is InChI=1S/C25H20FIN2O4/c1-2-31-22-12-16(11-20(27)24(22)32-15-18-8-3-5-9-19(18)26)14-28-29-25(30)23-13-17-7-4-6-10-21(17)33-23/h3-14H,2,15H2,1H3,(H,29,30)/b28-14+. The Morgan fingerprint density at radius 1 is 1.12 bits per heavy atom. The first-order valence-corrected chi connectivity index (χ1v) is 11.3. The topological polar surface area (TPSA) is 73.1 Å². The lowest BCUT2D eigenvalue weighted by Gasteiger charge is -2.15. The molecule has 0 radical (unpaired) electrons. The monoisotopic (exact) mass is 558 g/mol. The Bertz CT molecular complexity index is 1290. The van der Waals surface area contributed by atoms with Crippen molar-refractivity contribution in [1.29, 1.82) is 0 Å². The Hall–Kier alpha value is -3.40. The lowest BCUT2D eigenvalue weighted by Crippen LogP contribution is -2.16. The lowest BCUT2D eigenvalue weighted by molar-refractivity contribution is 0.0929. The van der Waals surface area contributed by atoms with Gasteiger partial charge in [0.05, 0.1) is 16.4 Å². The molecule has 0 aliphatic rings. The van der Waals surface area contributed by atoms with E-state index < -0.39 is 5.91 Å². The van der Waals surface area contributed by atoms with Gasteiger partial charge in [-0.15, -0.1) is 0 Å². The second-order valence-electron chi connectivity index (χ2n) is 6.99. The molecule has 0 unspecified atom stereocenters. The van der Waals surface area contributed by atoms with Gasteiger partial charge >= 0.3 is 5.91 Å². The average molecular weight is 558 g/mol. The molecule has 0 spiro atoms. The van der Waals surface area contributed by atoms with Crippen LogP contribution in [0.5, 0.6) is 11.5 Å². The zero-order valence-electron chi connectivity index (χ0n) is 17.7. The first kappa shape index (κ1) is 22.8. The molecule has 33 heavy (non-hydrogen) atoms. The highest BCUT2D eigenvalue weighted by atomic mass is 127. The van der Waals surface area contributed by atoms with E-state index in [2.05, 4.69) is 33.1 Å². The summed E-state index contributed by atoms with van der Waals surface area (Å²) < 4.78 is 31.8. The van der Waals surface area contributed by atoms with Gasteiger partial charge in [-0.1, -0.05) is 36.4 Å². The summed E-state index contributed by atoms with van der Waals surface area (Å²) in [5, 5.41) is 4.87. The van der Waals surface area contributed by atoms with Gasteiger partial charge in [-0.25, -0.2) is 9.82 Å². The van der Waals surface area contributed by atoms with Crippen molar-refractivity contribution in [2.75, 3.05) is 6.61 Å². The number of nitrogens with one attached hydrogen (secondary N) is 1. The van der Waals surface area contributed by atoms with Crippen LogP contribution in [0, 0.1) is 9.39 Å². The maximum atomic E-state index is 13.9.